The Morgan fingerprint density at radius 2 is 1.81 bits per heavy atom. The molecular weight excluding hydrogens is 311 g/mol. The first-order valence-electron chi connectivity index (χ1n) is 4.41. The standard InChI is InChI=1S/C11H11BrN2.2ClH/c1-6-9-5-8(12)3-4-10(9)14-7(2)11(6)13;;/h3-5H,13H2,1-2H3;2*1H. The van der Waals surface area contributed by atoms with Crippen LogP contribution in [0.2, 0.25) is 0 Å². The summed E-state index contributed by atoms with van der Waals surface area (Å²) >= 11 is 3.44. The topological polar surface area (TPSA) is 38.9 Å². The molecule has 1 heterocycles. The van der Waals surface area contributed by atoms with Crippen LogP contribution in [0.5, 0.6) is 0 Å². The molecule has 16 heavy (non-hydrogen) atoms. The number of aromatic nitrogens is 1. The van der Waals surface area contributed by atoms with Gasteiger partial charge in [0, 0.05) is 9.86 Å². The van der Waals surface area contributed by atoms with Crippen molar-refractivity contribution >= 4 is 57.3 Å². The number of nitrogen functional groups attached to an aromatic ring is 1. The van der Waals surface area contributed by atoms with Crippen molar-refractivity contribution in [3.05, 3.63) is 33.9 Å². The highest BCUT2D eigenvalue weighted by molar-refractivity contribution is 9.10. The number of hydrogen-bond donors (Lipinski definition) is 1. The van der Waals surface area contributed by atoms with E-state index in [9.17, 15) is 0 Å². The van der Waals surface area contributed by atoms with Crippen LogP contribution < -0.4 is 5.73 Å². The quantitative estimate of drug-likeness (QED) is 0.794. The Hall–Kier alpha value is -0.510. The molecule has 0 saturated heterocycles. The van der Waals surface area contributed by atoms with Crippen molar-refractivity contribution in [2.75, 3.05) is 5.73 Å². The van der Waals surface area contributed by atoms with Gasteiger partial charge in [-0.3, -0.25) is 4.98 Å². The minimum Gasteiger partial charge on any atom is -0.397 e. The van der Waals surface area contributed by atoms with E-state index in [0.29, 0.717) is 0 Å². The highest BCUT2D eigenvalue weighted by Crippen LogP contribution is 2.26. The summed E-state index contributed by atoms with van der Waals surface area (Å²) in [6, 6.07) is 6.04. The third-order valence-corrected chi connectivity index (χ3v) is 2.94. The Labute approximate surface area is 116 Å². The molecule has 0 aliphatic rings. The first-order valence-corrected chi connectivity index (χ1v) is 5.21. The third kappa shape index (κ3) is 2.59. The van der Waals surface area contributed by atoms with E-state index >= 15 is 0 Å². The lowest BCUT2D eigenvalue weighted by atomic mass is 10.1. The number of fused-ring (bicyclic) bond motifs is 1. The zero-order valence-corrected chi connectivity index (χ0v) is 12.2. The van der Waals surface area contributed by atoms with E-state index in [2.05, 4.69) is 20.9 Å². The number of benzene rings is 1. The van der Waals surface area contributed by atoms with Crippen LogP contribution in [0.3, 0.4) is 0 Å². The minimum absolute atomic E-state index is 0. The maximum Gasteiger partial charge on any atom is 0.0710 e. The Morgan fingerprint density at radius 1 is 1.19 bits per heavy atom. The molecule has 2 N–H and O–H groups in total. The largest absolute Gasteiger partial charge is 0.397 e. The summed E-state index contributed by atoms with van der Waals surface area (Å²) in [5.74, 6) is 0. The normalized spacial score (nSPS) is 9.44. The molecule has 1 aromatic heterocycles. The van der Waals surface area contributed by atoms with Crippen molar-refractivity contribution in [1.82, 2.24) is 4.98 Å². The van der Waals surface area contributed by atoms with Crippen LogP contribution in [0.1, 0.15) is 11.3 Å². The van der Waals surface area contributed by atoms with Gasteiger partial charge in [-0.05, 0) is 37.6 Å². The van der Waals surface area contributed by atoms with Crippen LogP contribution in [-0.2, 0) is 0 Å². The molecule has 0 bridgehead atoms. The van der Waals surface area contributed by atoms with Crippen LogP contribution in [0, 0.1) is 13.8 Å². The molecule has 2 nitrogen and oxygen atoms in total. The van der Waals surface area contributed by atoms with Crippen molar-refractivity contribution in [2.24, 2.45) is 0 Å². The first kappa shape index (κ1) is 15.5. The van der Waals surface area contributed by atoms with Gasteiger partial charge in [0.1, 0.15) is 0 Å². The van der Waals surface area contributed by atoms with E-state index in [1.165, 1.54) is 0 Å². The smallest absolute Gasteiger partial charge is 0.0710 e. The van der Waals surface area contributed by atoms with Gasteiger partial charge in [-0.25, -0.2) is 0 Å². The van der Waals surface area contributed by atoms with E-state index in [-0.39, 0.29) is 24.8 Å². The number of nitrogens with zero attached hydrogens (tertiary/aromatic N) is 1. The molecule has 0 saturated carbocycles. The number of nitrogens with two attached hydrogens (primary N) is 1. The lowest BCUT2D eigenvalue weighted by Crippen LogP contribution is -1.97. The maximum atomic E-state index is 5.92. The molecule has 2 rings (SSSR count). The van der Waals surface area contributed by atoms with Gasteiger partial charge >= 0.3 is 0 Å². The van der Waals surface area contributed by atoms with Gasteiger partial charge in [0.2, 0.25) is 0 Å². The number of hydrogen-bond acceptors (Lipinski definition) is 2. The second kappa shape index (κ2) is 5.71. The van der Waals surface area contributed by atoms with Crippen molar-refractivity contribution in [3.63, 3.8) is 0 Å². The summed E-state index contributed by atoms with van der Waals surface area (Å²) in [4.78, 5) is 4.43. The number of halogens is 3. The number of anilines is 1. The summed E-state index contributed by atoms with van der Waals surface area (Å²) in [6.07, 6.45) is 0. The molecule has 5 heteroatoms. The Balaban J connectivity index is 0.00000112. The predicted octanol–water partition coefficient (Wildman–Crippen LogP) is 4.04. The first-order chi connectivity index (χ1) is 6.59. The zero-order chi connectivity index (χ0) is 10.3. The molecule has 0 radical (unpaired) electrons. The highest BCUT2D eigenvalue weighted by atomic mass is 79.9. The van der Waals surface area contributed by atoms with Crippen LogP contribution >= 0.6 is 40.7 Å². The Kier molecular flexibility index (Phi) is 5.53. The minimum atomic E-state index is 0. The molecule has 0 spiro atoms. The van der Waals surface area contributed by atoms with E-state index in [0.717, 1.165) is 32.3 Å². The van der Waals surface area contributed by atoms with E-state index in [1.54, 1.807) is 0 Å². The fourth-order valence-electron chi connectivity index (χ4n) is 1.56. The molecule has 0 unspecified atom stereocenters. The monoisotopic (exact) mass is 322 g/mol. The molecule has 0 atom stereocenters. The van der Waals surface area contributed by atoms with Gasteiger partial charge in [-0.15, -0.1) is 24.8 Å². The van der Waals surface area contributed by atoms with Crippen LogP contribution in [-0.4, -0.2) is 4.98 Å². The summed E-state index contributed by atoms with van der Waals surface area (Å²) in [6.45, 7) is 3.96. The van der Waals surface area contributed by atoms with Crippen molar-refractivity contribution in [2.45, 2.75) is 13.8 Å². The summed E-state index contributed by atoms with van der Waals surface area (Å²) in [5, 5.41) is 1.11. The SMILES string of the molecule is Cc1nc2ccc(Br)cc2c(C)c1N.Cl.Cl. The van der Waals surface area contributed by atoms with Gasteiger partial charge in [0.15, 0.2) is 0 Å². The van der Waals surface area contributed by atoms with Crippen molar-refractivity contribution in [3.8, 4) is 0 Å². The Morgan fingerprint density at radius 3 is 2.44 bits per heavy atom. The van der Waals surface area contributed by atoms with Crippen LogP contribution in [0.4, 0.5) is 5.69 Å². The van der Waals surface area contributed by atoms with Gasteiger partial charge in [-0.1, -0.05) is 15.9 Å². The summed E-state index contributed by atoms with van der Waals surface area (Å²) in [5.41, 5.74) is 9.71. The zero-order valence-electron chi connectivity index (χ0n) is 8.95. The maximum absolute atomic E-state index is 5.92. The average Bonchev–Trinajstić information content (AvgIpc) is 2.16. The van der Waals surface area contributed by atoms with E-state index in [1.807, 2.05) is 32.0 Å². The summed E-state index contributed by atoms with van der Waals surface area (Å²) in [7, 11) is 0. The number of rotatable bonds is 0. The van der Waals surface area contributed by atoms with Crippen molar-refractivity contribution in [1.29, 1.82) is 0 Å². The van der Waals surface area contributed by atoms with Gasteiger partial charge in [0.05, 0.1) is 16.9 Å². The lowest BCUT2D eigenvalue weighted by molar-refractivity contribution is 1.24. The third-order valence-electron chi connectivity index (χ3n) is 2.44. The lowest BCUT2D eigenvalue weighted by Gasteiger charge is -2.08. The molecule has 1 aromatic carbocycles. The molecule has 0 amide bonds. The van der Waals surface area contributed by atoms with E-state index in [4.69, 9.17) is 5.73 Å². The Bertz CT molecular complexity index is 515. The van der Waals surface area contributed by atoms with Crippen molar-refractivity contribution < 1.29 is 0 Å². The van der Waals surface area contributed by atoms with Crippen LogP contribution in [0.25, 0.3) is 10.9 Å². The molecule has 2 aromatic rings. The second-order valence-corrected chi connectivity index (χ2v) is 4.31. The molecular formula is C11H13BrCl2N2. The fraction of sp³-hybridized carbons (Fsp3) is 0.182. The number of aryl methyl sites for hydroxylation is 2. The summed E-state index contributed by atoms with van der Waals surface area (Å²) < 4.78 is 1.05. The molecule has 0 fully saturated rings. The average molecular weight is 324 g/mol. The molecule has 0 aliphatic carbocycles. The van der Waals surface area contributed by atoms with Gasteiger partial charge < -0.3 is 5.73 Å². The number of pyridine rings is 1. The van der Waals surface area contributed by atoms with Crippen LogP contribution in [0.15, 0.2) is 22.7 Å². The van der Waals surface area contributed by atoms with E-state index < -0.39 is 0 Å². The predicted molar refractivity (Wildman–Crippen MR) is 77.8 cm³/mol. The molecule has 0 aliphatic heterocycles. The van der Waals surface area contributed by atoms with Gasteiger partial charge in [0.25, 0.3) is 0 Å². The van der Waals surface area contributed by atoms with Gasteiger partial charge in [-0.2, -0.15) is 0 Å². The second-order valence-electron chi connectivity index (χ2n) is 3.40. The highest BCUT2D eigenvalue weighted by Gasteiger charge is 2.05. The fourth-order valence-corrected chi connectivity index (χ4v) is 1.92. The molecule has 88 valence electrons.